The lowest BCUT2D eigenvalue weighted by Gasteiger charge is -2.05. The minimum Gasteiger partial charge on any atom is -0.373 e. The summed E-state index contributed by atoms with van der Waals surface area (Å²) in [6.07, 6.45) is 0. The molecular weight excluding hydrogens is 208 g/mol. The molecule has 5 heteroatoms. The summed E-state index contributed by atoms with van der Waals surface area (Å²) in [7, 11) is 0. The number of hydrogen-bond acceptors (Lipinski definition) is 4. The average Bonchev–Trinajstić information content (AvgIpc) is 2.53. The fourth-order valence-electron chi connectivity index (χ4n) is 1.02. The summed E-state index contributed by atoms with van der Waals surface area (Å²) in [5.41, 5.74) is 0.904. The minimum atomic E-state index is 0.446. The van der Waals surface area contributed by atoms with Crippen LogP contribution in [0.5, 0.6) is 0 Å². The fraction of sp³-hybridized carbons (Fsp3) is 0.125. The van der Waals surface area contributed by atoms with E-state index in [0.29, 0.717) is 17.6 Å². The van der Waals surface area contributed by atoms with Crippen LogP contribution in [0.2, 0.25) is 5.02 Å². The molecule has 0 unspecified atom stereocenters. The first-order chi connectivity index (χ1) is 6.25. The van der Waals surface area contributed by atoms with Crippen molar-refractivity contribution in [3.8, 4) is 0 Å². The smallest absolute Gasteiger partial charge is 0.243 e. The zero-order valence-corrected chi connectivity index (χ0v) is 8.29. The van der Waals surface area contributed by atoms with Crippen molar-refractivity contribution in [2.75, 3.05) is 6.67 Å². The van der Waals surface area contributed by atoms with Gasteiger partial charge in [0, 0.05) is 10.6 Å². The van der Waals surface area contributed by atoms with E-state index in [2.05, 4.69) is 17.8 Å². The summed E-state index contributed by atoms with van der Waals surface area (Å²) in [5.74, 6) is 0.576. The molecule has 2 rings (SSSR count). The Morgan fingerprint density at radius 1 is 1.38 bits per heavy atom. The van der Waals surface area contributed by atoms with Gasteiger partial charge in [0.2, 0.25) is 5.90 Å². The van der Waals surface area contributed by atoms with Crippen LogP contribution in [-0.4, -0.2) is 17.0 Å². The minimum absolute atomic E-state index is 0.446. The van der Waals surface area contributed by atoms with Crippen LogP contribution in [0, 0.1) is 0 Å². The van der Waals surface area contributed by atoms with Gasteiger partial charge in [-0.05, 0) is 24.3 Å². The third kappa shape index (κ3) is 1.96. The number of thiol groups is 1. The van der Waals surface area contributed by atoms with Gasteiger partial charge in [0.15, 0.2) is 0 Å². The highest BCUT2D eigenvalue weighted by atomic mass is 35.5. The Bertz CT molecular complexity index is 339. The molecule has 0 saturated heterocycles. The van der Waals surface area contributed by atoms with Crippen molar-refractivity contribution in [2.24, 2.45) is 4.99 Å². The normalized spacial score (nSPS) is 16.9. The summed E-state index contributed by atoms with van der Waals surface area (Å²) < 4.78 is 1.37. The Kier molecular flexibility index (Phi) is 2.44. The van der Waals surface area contributed by atoms with Gasteiger partial charge in [-0.25, -0.2) is 4.99 Å². The van der Waals surface area contributed by atoms with Crippen molar-refractivity contribution >= 4 is 30.3 Å². The standard InChI is InChI=1S/C8H7ClN2OS/c9-7-3-1-6(2-4-7)8-10-5-11(13)12-8/h1-4,13H,5H2. The van der Waals surface area contributed by atoms with Crippen LogP contribution in [0.3, 0.4) is 0 Å². The van der Waals surface area contributed by atoms with Gasteiger partial charge in [-0.15, -0.1) is 0 Å². The Hall–Kier alpha value is -0.710. The van der Waals surface area contributed by atoms with E-state index in [1.165, 1.54) is 4.47 Å². The van der Waals surface area contributed by atoms with Gasteiger partial charge in [-0.2, -0.15) is 0 Å². The average molecular weight is 215 g/mol. The first-order valence-electron chi connectivity index (χ1n) is 3.70. The van der Waals surface area contributed by atoms with E-state index in [1.54, 1.807) is 12.1 Å². The zero-order chi connectivity index (χ0) is 9.26. The third-order valence-corrected chi connectivity index (χ3v) is 2.08. The zero-order valence-electron chi connectivity index (χ0n) is 6.64. The van der Waals surface area contributed by atoms with E-state index in [9.17, 15) is 0 Å². The second-order valence-electron chi connectivity index (χ2n) is 2.56. The molecule has 13 heavy (non-hydrogen) atoms. The molecule has 0 aromatic heterocycles. The molecule has 0 radical (unpaired) electrons. The van der Waals surface area contributed by atoms with Crippen LogP contribution < -0.4 is 0 Å². The molecule has 0 N–H and O–H groups in total. The summed E-state index contributed by atoms with van der Waals surface area (Å²) in [6.45, 7) is 0.446. The first kappa shape index (κ1) is 8.87. The number of halogens is 1. The molecule has 1 aliphatic heterocycles. The molecule has 0 amide bonds. The molecular formula is C8H7ClN2OS. The second-order valence-corrected chi connectivity index (χ2v) is 3.44. The molecule has 1 aromatic carbocycles. The van der Waals surface area contributed by atoms with E-state index in [4.69, 9.17) is 16.4 Å². The molecule has 0 atom stereocenters. The summed E-state index contributed by atoms with van der Waals surface area (Å²) in [5, 5.41) is 0.699. The van der Waals surface area contributed by atoms with Crippen LogP contribution in [-0.2, 0) is 4.84 Å². The highest BCUT2D eigenvalue weighted by molar-refractivity contribution is 7.77. The quantitative estimate of drug-likeness (QED) is 0.725. The monoisotopic (exact) mass is 214 g/mol. The Balaban J connectivity index is 2.22. The van der Waals surface area contributed by atoms with E-state index < -0.39 is 0 Å². The Morgan fingerprint density at radius 2 is 2.08 bits per heavy atom. The van der Waals surface area contributed by atoms with Crippen LogP contribution in [0.25, 0.3) is 0 Å². The number of hydrogen-bond donors (Lipinski definition) is 1. The lowest BCUT2D eigenvalue weighted by atomic mass is 10.2. The molecule has 68 valence electrons. The van der Waals surface area contributed by atoms with Crippen molar-refractivity contribution in [1.82, 2.24) is 4.47 Å². The number of hydroxylamine groups is 1. The van der Waals surface area contributed by atoms with Gasteiger partial charge in [-0.3, -0.25) is 0 Å². The summed E-state index contributed by atoms with van der Waals surface area (Å²) >= 11 is 9.73. The Morgan fingerprint density at radius 3 is 2.62 bits per heavy atom. The highest BCUT2D eigenvalue weighted by Crippen LogP contribution is 2.15. The lowest BCUT2D eigenvalue weighted by Crippen LogP contribution is -2.09. The largest absolute Gasteiger partial charge is 0.373 e. The summed E-state index contributed by atoms with van der Waals surface area (Å²) in [4.78, 5) is 9.31. The number of nitrogens with zero attached hydrogens (tertiary/aromatic N) is 2. The van der Waals surface area contributed by atoms with Gasteiger partial charge >= 0.3 is 0 Å². The molecule has 0 aliphatic carbocycles. The van der Waals surface area contributed by atoms with Crippen LogP contribution in [0.15, 0.2) is 29.3 Å². The maximum Gasteiger partial charge on any atom is 0.243 e. The molecule has 1 heterocycles. The maximum absolute atomic E-state index is 5.74. The van der Waals surface area contributed by atoms with E-state index >= 15 is 0 Å². The van der Waals surface area contributed by atoms with Crippen LogP contribution >= 0.6 is 24.4 Å². The van der Waals surface area contributed by atoms with Gasteiger partial charge in [0.05, 0.1) is 0 Å². The Labute approximate surface area is 86.5 Å². The van der Waals surface area contributed by atoms with Gasteiger partial charge in [-0.1, -0.05) is 28.9 Å². The van der Waals surface area contributed by atoms with E-state index in [-0.39, 0.29) is 0 Å². The van der Waals surface area contributed by atoms with Crippen molar-refractivity contribution in [3.63, 3.8) is 0 Å². The topological polar surface area (TPSA) is 24.8 Å². The van der Waals surface area contributed by atoms with E-state index in [1.807, 2.05) is 12.1 Å². The molecule has 0 spiro atoms. The molecule has 0 fully saturated rings. The molecule has 0 saturated carbocycles. The predicted octanol–water partition coefficient (Wildman–Crippen LogP) is 2.14. The SMILES string of the molecule is SN1CN=C(c2ccc(Cl)cc2)O1. The fourth-order valence-corrected chi connectivity index (χ4v) is 1.29. The number of benzene rings is 1. The highest BCUT2D eigenvalue weighted by Gasteiger charge is 2.15. The molecule has 1 aromatic rings. The van der Waals surface area contributed by atoms with Gasteiger partial charge in [0.1, 0.15) is 6.67 Å². The first-order valence-corrected chi connectivity index (χ1v) is 4.48. The van der Waals surface area contributed by atoms with E-state index in [0.717, 1.165) is 5.56 Å². The van der Waals surface area contributed by atoms with Gasteiger partial charge in [0.25, 0.3) is 0 Å². The number of rotatable bonds is 1. The van der Waals surface area contributed by atoms with Crippen molar-refractivity contribution in [1.29, 1.82) is 0 Å². The maximum atomic E-state index is 5.74. The molecule has 3 nitrogen and oxygen atoms in total. The second kappa shape index (κ2) is 3.57. The molecule has 1 aliphatic rings. The van der Waals surface area contributed by atoms with Crippen molar-refractivity contribution in [3.05, 3.63) is 34.9 Å². The molecule has 0 bridgehead atoms. The summed E-state index contributed by atoms with van der Waals surface area (Å²) in [6, 6.07) is 7.30. The van der Waals surface area contributed by atoms with Crippen molar-refractivity contribution < 1.29 is 4.84 Å². The van der Waals surface area contributed by atoms with Crippen LogP contribution in [0.4, 0.5) is 0 Å². The van der Waals surface area contributed by atoms with Crippen molar-refractivity contribution in [2.45, 2.75) is 0 Å². The predicted molar refractivity (Wildman–Crippen MR) is 54.8 cm³/mol. The third-order valence-electron chi connectivity index (χ3n) is 1.62. The van der Waals surface area contributed by atoms with Crippen LogP contribution in [0.1, 0.15) is 5.56 Å². The van der Waals surface area contributed by atoms with Gasteiger partial charge < -0.3 is 4.84 Å². The number of aliphatic imine (C=N–C) groups is 1. The lowest BCUT2D eigenvalue weighted by molar-refractivity contribution is 0.0678.